The van der Waals surface area contributed by atoms with E-state index in [4.69, 9.17) is 21.6 Å². The molecule has 2 aromatic heterocycles. The van der Waals surface area contributed by atoms with Crippen molar-refractivity contribution in [3.05, 3.63) is 29.4 Å². The molecule has 0 bridgehead atoms. The average Bonchev–Trinajstić information content (AvgIpc) is 3.22. The van der Waals surface area contributed by atoms with E-state index >= 15 is 0 Å². The molecule has 154 valence electrons. The number of aromatic nitrogens is 3. The average molecular weight is 432 g/mol. The lowest BCUT2D eigenvalue weighted by Crippen LogP contribution is -2.40. The molecule has 3 aromatic rings. The highest BCUT2D eigenvalue weighted by Crippen LogP contribution is 2.45. The van der Waals surface area contributed by atoms with Gasteiger partial charge in [0, 0.05) is 26.2 Å². The highest BCUT2D eigenvalue weighted by Gasteiger charge is 2.43. The van der Waals surface area contributed by atoms with Gasteiger partial charge in [0.05, 0.1) is 15.8 Å². The van der Waals surface area contributed by atoms with E-state index in [9.17, 15) is 5.11 Å². The van der Waals surface area contributed by atoms with Crippen LogP contribution in [0.3, 0.4) is 0 Å². The van der Waals surface area contributed by atoms with Crippen LogP contribution in [-0.2, 0) is 0 Å². The zero-order valence-electron chi connectivity index (χ0n) is 17.1. The summed E-state index contributed by atoms with van der Waals surface area (Å²) < 4.78 is 1.10. The Balaban J connectivity index is 1.83. The van der Waals surface area contributed by atoms with Crippen molar-refractivity contribution in [3.63, 3.8) is 0 Å². The van der Waals surface area contributed by atoms with Crippen molar-refractivity contribution in [3.8, 4) is 10.6 Å². The number of aliphatic hydroxyl groups excluding tert-OH is 1. The van der Waals surface area contributed by atoms with Gasteiger partial charge < -0.3 is 15.3 Å². The molecule has 0 unspecified atom stereocenters. The molecule has 2 N–H and O–H groups in total. The number of benzene rings is 1. The Hall–Kier alpha value is -1.96. The van der Waals surface area contributed by atoms with E-state index in [0.717, 1.165) is 33.6 Å². The number of hydrogen-bond acceptors (Lipinski definition) is 7. The van der Waals surface area contributed by atoms with Crippen LogP contribution in [-0.4, -0.2) is 46.3 Å². The third-order valence-electron chi connectivity index (χ3n) is 6.15. The Morgan fingerprint density at radius 3 is 2.69 bits per heavy atom. The molecule has 0 radical (unpaired) electrons. The van der Waals surface area contributed by atoms with Gasteiger partial charge in [0.1, 0.15) is 16.0 Å². The van der Waals surface area contributed by atoms with E-state index in [1.807, 2.05) is 37.2 Å². The molecule has 6 nitrogen and oxygen atoms in total. The molecule has 3 atom stereocenters. The smallest absolute Gasteiger partial charge is 0.228 e. The van der Waals surface area contributed by atoms with Crippen LogP contribution in [0, 0.1) is 11.8 Å². The minimum Gasteiger partial charge on any atom is -0.396 e. The predicted octanol–water partition coefficient (Wildman–Crippen LogP) is 4.68. The van der Waals surface area contributed by atoms with Crippen molar-refractivity contribution < 1.29 is 5.11 Å². The zero-order valence-corrected chi connectivity index (χ0v) is 18.7. The van der Waals surface area contributed by atoms with Gasteiger partial charge in [0.25, 0.3) is 0 Å². The number of anilines is 2. The van der Waals surface area contributed by atoms with Gasteiger partial charge in [0.15, 0.2) is 0 Å². The number of halogens is 1. The van der Waals surface area contributed by atoms with E-state index in [2.05, 4.69) is 30.2 Å². The molecular formula is C21H26ClN5OS. The molecule has 4 rings (SSSR count). The Bertz CT molecular complexity index is 1010. The number of aliphatic hydroxyl groups is 1. The van der Waals surface area contributed by atoms with Gasteiger partial charge in [0.2, 0.25) is 5.95 Å². The van der Waals surface area contributed by atoms with Crippen LogP contribution in [0.2, 0.25) is 5.15 Å². The zero-order chi connectivity index (χ0) is 20.8. The molecule has 0 aliphatic heterocycles. The number of rotatable bonds is 5. The van der Waals surface area contributed by atoms with E-state index < -0.39 is 0 Å². The summed E-state index contributed by atoms with van der Waals surface area (Å²) in [5, 5.41) is 14.6. The number of hydrogen-bond donors (Lipinski definition) is 2. The molecule has 29 heavy (non-hydrogen) atoms. The first-order chi connectivity index (χ1) is 13.8. The van der Waals surface area contributed by atoms with Crippen LogP contribution < -0.4 is 10.2 Å². The predicted molar refractivity (Wildman–Crippen MR) is 121 cm³/mol. The summed E-state index contributed by atoms with van der Waals surface area (Å²) in [7, 11) is 3.79. The van der Waals surface area contributed by atoms with Gasteiger partial charge in [-0.05, 0) is 43.7 Å². The van der Waals surface area contributed by atoms with Gasteiger partial charge in [-0.25, -0.2) is 9.97 Å². The maximum absolute atomic E-state index is 9.72. The summed E-state index contributed by atoms with van der Waals surface area (Å²) in [6, 6.07) is 8.04. The third-order valence-corrected chi connectivity index (χ3v) is 7.47. The largest absolute Gasteiger partial charge is 0.396 e. The standard InChI is InChI=1S/C21H26ClN5OS/c1-12-13(11-28)9-10-21(12,2)26-18-16(17(22)24-20(25-18)27(3)4)19-23-14-7-5-6-8-15(14)29-19/h5-8,12-13,28H,9-11H2,1-4H3,(H,24,25,26)/t12-,13-,21+/m1/s1. The second kappa shape index (κ2) is 7.70. The molecule has 0 saturated heterocycles. The molecular weight excluding hydrogens is 406 g/mol. The first-order valence-corrected chi connectivity index (χ1v) is 11.0. The Morgan fingerprint density at radius 2 is 2.03 bits per heavy atom. The van der Waals surface area contributed by atoms with Gasteiger partial charge >= 0.3 is 0 Å². The molecule has 1 aliphatic rings. The van der Waals surface area contributed by atoms with Gasteiger partial charge in [-0.1, -0.05) is 30.7 Å². The second-order valence-electron chi connectivity index (χ2n) is 8.23. The monoisotopic (exact) mass is 431 g/mol. The van der Waals surface area contributed by atoms with Crippen molar-refractivity contribution in [2.24, 2.45) is 11.8 Å². The highest BCUT2D eigenvalue weighted by atomic mass is 35.5. The van der Waals surface area contributed by atoms with Crippen LogP contribution >= 0.6 is 22.9 Å². The van der Waals surface area contributed by atoms with Crippen molar-refractivity contribution in [2.45, 2.75) is 32.2 Å². The fraction of sp³-hybridized carbons (Fsp3) is 0.476. The normalized spacial score (nSPS) is 24.2. The fourth-order valence-corrected chi connectivity index (χ4v) is 5.38. The molecule has 1 fully saturated rings. The lowest BCUT2D eigenvalue weighted by Gasteiger charge is -2.34. The van der Waals surface area contributed by atoms with Gasteiger partial charge in [-0.3, -0.25) is 0 Å². The number of nitrogens with one attached hydrogen (secondary N) is 1. The van der Waals surface area contributed by atoms with E-state index in [1.165, 1.54) is 0 Å². The topological polar surface area (TPSA) is 74.2 Å². The van der Waals surface area contributed by atoms with Crippen molar-refractivity contribution >= 4 is 44.9 Å². The van der Waals surface area contributed by atoms with Crippen molar-refractivity contribution in [1.29, 1.82) is 0 Å². The summed E-state index contributed by atoms with van der Waals surface area (Å²) in [4.78, 5) is 15.9. The Labute approximate surface area is 180 Å². The molecule has 1 aromatic carbocycles. The lowest BCUT2D eigenvalue weighted by molar-refractivity contribution is 0.187. The SMILES string of the molecule is C[C@@H]1[C@@H](CO)CC[C@]1(C)Nc1nc(N(C)C)nc(Cl)c1-c1nc2ccccc2s1. The number of thiazole rings is 1. The summed E-state index contributed by atoms with van der Waals surface area (Å²) in [5.74, 6) is 1.83. The maximum atomic E-state index is 9.72. The second-order valence-corrected chi connectivity index (χ2v) is 9.62. The Morgan fingerprint density at radius 1 is 1.28 bits per heavy atom. The molecule has 0 spiro atoms. The maximum Gasteiger partial charge on any atom is 0.228 e. The van der Waals surface area contributed by atoms with E-state index in [1.54, 1.807) is 11.3 Å². The molecule has 1 aliphatic carbocycles. The highest BCUT2D eigenvalue weighted by molar-refractivity contribution is 7.21. The molecule has 8 heteroatoms. The fourth-order valence-electron chi connectivity index (χ4n) is 4.06. The van der Waals surface area contributed by atoms with E-state index in [-0.39, 0.29) is 18.1 Å². The molecule has 1 saturated carbocycles. The number of fused-ring (bicyclic) bond motifs is 1. The van der Waals surface area contributed by atoms with Crippen LogP contribution in [0.1, 0.15) is 26.7 Å². The number of nitrogens with zero attached hydrogens (tertiary/aromatic N) is 4. The van der Waals surface area contributed by atoms with Crippen LogP contribution in [0.25, 0.3) is 20.8 Å². The van der Waals surface area contributed by atoms with E-state index in [0.29, 0.717) is 22.8 Å². The first kappa shape index (κ1) is 20.3. The molecule has 2 heterocycles. The van der Waals surface area contributed by atoms with Crippen LogP contribution in [0.4, 0.5) is 11.8 Å². The Kier molecular flexibility index (Phi) is 5.40. The lowest BCUT2D eigenvalue weighted by atomic mass is 9.86. The van der Waals surface area contributed by atoms with Gasteiger partial charge in [-0.2, -0.15) is 4.98 Å². The van der Waals surface area contributed by atoms with Crippen molar-refractivity contribution in [2.75, 3.05) is 30.9 Å². The van der Waals surface area contributed by atoms with Gasteiger partial charge in [-0.15, -0.1) is 11.3 Å². The molecule has 0 amide bonds. The van der Waals surface area contributed by atoms with Crippen LogP contribution in [0.5, 0.6) is 0 Å². The summed E-state index contributed by atoms with van der Waals surface area (Å²) in [6.07, 6.45) is 1.94. The summed E-state index contributed by atoms with van der Waals surface area (Å²) in [5.41, 5.74) is 1.48. The summed E-state index contributed by atoms with van der Waals surface area (Å²) >= 11 is 8.26. The third kappa shape index (κ3) is 3.67. The quantitative estimate of drug-likeness (QED) is 0.571. The minimum atomic E-state index is -0.194. The minimum absolute atomic E-state index is 0.194. The number of para-hydroxylation sites is 1. The van der Waals surface area contributed by atoms with Crippen LogP contribution in [0.15, 0.2) is 24.3 Å². The first-order valence-electron chi connectivity index (χ1n) is 9.82. The summed E-state index contributed by atoms with van der Waals surface area (Å²) in [6.45, 7) is 4.59. The van der Waals surface area contributed by atoms with Crippen molar-refractivity contribution in [1.82, 2.24) is 15.0 Å².